The van der Waals surface area contributed by atoms with Crippen molar-refractivity contribution in [2.45, 2.75) is 45.4 Å². The Hall–Kier alpha value is -2.47. The third-order valence-corrected chi connectivity index (χ3v) is 6.10. The number of carbonyl (C=O) groups excluding carboxylic acids is 1. The average Bonchev–Trinajstić information content (AvgIpc) is 2.68. The Labute approximate surface area is 173 Å². The van der Waals surface area contributed by atoms with E-state index in [4.69, 9.17) is 4.98 Å². The second-order valence-corrected chi connectivity index (χ2v) is 8.19. The summed E-state index contributed by atoms with van der Waals surface area (Å²) in [6.07, 6.45) is 4.13. The second-order valence-electron chi connectivity index (χ2n) is 8.19. The van der Waals surface area contributed by atoms with E-state index in [1.807, 2.05) is 42.2 Å². The van der Waals surface area contributed by atoms with Gasteiger partial charge in [0.15, 0.2) is 0 Å². The number of piperazine rings is 1. The lowest BCUT2D eigenvalue weighted by atomic mass is 9.85. The molecule has 4 rings (SSSR count). The minimum absolute atomic E-state index is 0.220. The van der Waals surface area contributed by atoms with Gasteiger partial charge in [0.05, 0.1) is 6.42 Å². The van der Waals surface area contributed by atoms with Crippen LogP contribution in [0.1, 0.15) is 49.2 Å². The zero-order valence-corrected chi connectivity index (χ0v) is 17.5. The van der Waals surface area contributed by atoms with Gasteiger partial charge in [-0.15, -0.1) is 0 Å². The number of rotatable bonds is 6. The molecule has 2 aliphatic rings. The minimum Gasteiger partial charge on any atom is -0.340 e. The van der Waals surface area contributed by atoms with Crippen LogP contribution < -0.4 is 5.32 Å². The molecule has 1 saturated carbocycles. The Morgan fingerprint density at radius 1 is 1.10 bits per heavy atom. The summed E-state index contributed by atoms with van der Waals surface area (Å²) in [5, 5.41) is 3.39. The standard InChI is InChI=1S/C23H31N5O/c1-3-27-11-13-28(14-12-27)22(29)16-18-7-9-20(10-8-18)25-21-15-17(2)24-23(26-21)19-5-4-6-19/h7-10,15,19H,3-6,11-14,16H2,1-2H3,(H,24,25,26). The normalized spacial score (nSPS) is 17.8. The number of likely N-dealkylation sites (N-methyl/N-ethyl adjacent to an activating group) is 1. The van der Waals surface area contributed by atoms with Crippen molar-refractivity contribution < 1.29 is 4.79 Å². The van der Waals surface area contributed by atoms with Crippen molar-refractivity contribution in [3.8, 4) is 0 Å². The van der Waals surface area contributed by atoms with Gasteiger partial charge in [0.1, 0.15) is 11.6 Å². The number of hydrogen-bond acceptors (Lipinski definition) is 5. The maximum absolute atomic E-state index is 12.6. The highest BCUT2D eigenvalue weighted by Gasteiger charge is 2.23. The van der Waals surface area contributed by atoms with Gasteiger partial charge in [0, 0.05) is 49.5 Å². The number of aryl methyl sites for hydroxylation is 1. The van der Waals surface area contributed by atoms with E-state index in [1.165, 1.54) is 19.3 Å². The Morgan fingerprint density at radius 3 is 2.45 bits per heavy atom. The van der Waals surface area contributed by atoms with Crippen LogP contribution in [0.3, 0.4) is 0 Å². The van der Waals surface area contributed by atoms with Crippen LogP contribution in [0.4, 0.5) is 11.5 Å². The van der Waals surface area contributed by atoms with Crippen molar-refractivity contribution in [1.29, 1.82) is 0 Å². The molecule has 0 spiro atoms. The maximum atomic E-state index is 12.6. The maximum Gasteiger partial charge on any atom is 0.227 e. The monoisotopic (exact) mass is 393 g/mol. The summed E-state index contributed by atoms with van der Waals surface area (Å²) in [6, 6.07) is 10.1. The van der Waals surface area contributed by atoms with Crippen LogP contribution in [0.25, 0.3) is 0 Å². The van der Waals surface area contributed by atoms with Gasteiger partial charge in [-0.3, -0.25) is 4.79 Å². The second kappa shape index (κ2) is 8.91. The van der Waals surface area contributed by atoms with Gasteiger partial charge in [0.25, 0.3) is 0 Å². The van der Waals surface area contributed by atoms with E-state index >= 15 is 0 Å². The van der Waals surface area contributed by atoms with Gasteiger partial charge in [-0.2, -0.15) is 0 Å². The molecule has 0 radical (unpaired) electrons. The molecular formula is C23H31N5O. The van der Waals surface area contributed by atoms with Crippen molar-refractivity contribution in [3.63, 3.8) is 0 Å². The highest BCUT2D eigenvalue weighted by molar-refractivity contribution is 5.79. The topological polar surface area (TPSA) is 61.4 Å². The summed E-state index contributed by atoms with van der Waals surface area (Å²) in [5.74, 6) is 2.54. The molecule has 0 bridgehead atoms. The molecule has 2 heterocycles. The molecule has 6 heteroatoms. The quantitative estimate of drug-likeness (QED) is 0.814. The Balaban J connectivity index is 1.35. The molecule has 1 aliphatic carbocycles. The van der Waals surface area contributed by atoms with Crippen LogP contribution in [0, 0.1) is 6.92 Å². The first-order valence-corrected chi connectivity index (χ1v) is 10.8. The molecule has 29 heavy (non-hydrogen) atoms. The molecule has 0 unspecified atom stereocenters. The van der Waals surface area contributed by atoms with E-state index in [9.17, 15) is 4.79 Å². The fourth-order valence-electron chi connectivity index (χ4n) is 3.96. The van der Waals surface area contributed by atoms with Crippen molar-refractivity contribution >= 4 is 17.4 Å². The van der Waals surface area contributed by atoms with E-state index < -0.39 is 0 Å². The Kier molecular flexibility index (Phi) is 6.09. The first-order chi connectivity index (χ1) is 14.1. The molecule has 1 saturated heterocycles. The number of amides is 1. The van der Waals surface area contributed by atoms with Crippen molar-refractivity contribution in [1.82, 2.24) is 19.8 Å². The highest BCUT2D eigenvalue weighted by Crippen LogP contribution is 2.35. The van der Waals surface area contributed by atoms with Crippen LogP contribution in [-0.2, 0) is 11.2 Å². The van der Waals surface area contributed by atoms with E-state index in [2.05, 4.69) is 22.1 Å². The van der Waals surface area contributed by atoms with Crippen LogP contribution >= 0.6 is 0 Å². The molecule has 2 fully saturated rings. The average molecular weight is 394 g/mol. The SMILES string of the molecule is CCN1CCN(C(=O)Cc2ccc(Nc3cc(C)nc(C4CCC4)n3)cc2)CC1. The van der Waals surface area contributed by atoms with E-state index in [0.29, 0.717) is 12.3 Å². The number of hydrogen-bond donors (Lipinski definition) is 1. The predicted molar refractivity (Wildman–Crippen MR) is 115 cm³/mol. The van der Waals surface area contributed by atoms with Crippen LogP contribution in [0.2, 0.25) is 0 Å². The fraction of sp³-hybridized carbons (Fsp3) is 0.522. The molecule has 1 aromatic carbocycles. The molecule has 1 amide bonds. The Bertz CT molecular complexity index is 839. The van der Waals surface area contributed by atoms with Crippen molar-refractivity contribution in [2.24, 2.45) is 0 Å². The summed E-state index contributed by atoms with van der Waals surface area (Å²) in [4.78, 5) is 26.3. The lowest BCUT2D eigenvalue weighted by Crippen LogP contribution is -2.48. The molecular weight excluding hydrogens is 362 g/mol. The summed E-state index contributed by atoms with van der Waals surface area (Å²) >= 11 is 0. The third-order valence-electron chi connectivity index (χ3n) is 6.10. The molecule has 2 aromatic rings. The van der Waals surface area contributed by atoms with Gasteiger partial charge in [-0.05, 0) is 44.0 Å². The fourth-order valence-corrected chi connectivity index (χ4v) is 3.96. The Morgan fingerprint density at radius 2 is 1.83 bits per heavy atom. The molecule has 1 N–H and O–H groups in total. The number of nitrogens with one attached hydrogen (secondary N) is 1. The van der Waals surface area contributed by atoms with E-state index in [0.717, 1.165) is 61.3 Å². The zero-order chi connectivity index (χ0) is 20.2. The number of anilines is 2. The third kappa shape index (κ3) is 4.93. The van der Waals surface area contributed by atoms with Crippen molar-refractivity contribution in [3.05, 3.63) is 47.4 Å². The van der Waals surface area contributed by atoms with Gasteiger partial charge < -0.3 is 15.1 Å². The first-order valence-electron chi connectivity index (χ1n) is 10.8. The molecule has 1 aromatic heterocycles. The number of benzene rings is 1. The van der Waals surface area contributed by atoms with Gasteiger partial charge in [0.2, 0.25) is 5.91 Å². The summed E-state index contributed by atoms with van der Waals surface area (Å²) in [6.45, 7) is 8.88. The minimum atomic E-state index is 0.220. The zero-order valence-electron chi connectivity index (χ0n) is 17.5. The lowest BCUT2D eigenvalue weighted by molar-refractivity contribution is -0.132. The van der Waals surface area contributed by atoms with Gasteiger partial charge in [-0.25, -0.2) is 9.97 Å². The van der Waals surface area contributed by atoms with Crippen LogP contribution in [0.15, 0.2) is 30.3 Å². The van der Waals surface area contributed by atoms with Crippen LogP contribution in [-0.4, -0.2) is 58.4 Å². The number of nitrogens with zero attached hydrogens (tertiary/aromatic N) is 4. The van der Waals surface area contributed by atoms with Crippen molar-refractivity contribution in [2.75, 3.05) is 38.0 Å². The predicted octanol–water partition coefficient (Wildman–Crippen LogP) is 3.50. The molecule has 1 aliphatic heterocycles. The summed E-state index contributed by atoms with van der Waals surface area (Å²) in [7, 11) is 0. The summed E-state index contributed by atoms with van der Waals surface area (Å²) < 4.78 is 0. The van der Waals surface area contributed by atoms with E-state index in [1.54, 1.807) is 0 Å². The highest BCUT2D eigenvalue weighted by atomic mass is 16.2. The van der Waals surface area contributed by atoms with Gasteiger partial charge in [-0.1, -0.05) is 25.5 Å². The number of carbonyl (C=O) groups is 1. The molecule has 6 nitrogen and oxygen atoms in total. The largest absolute Gasteiger partial charge is 0.340 e. The van der Waals surface area contributed by atoms with Crippen LogP contribution in [0.5, 0.6) is 0 Å². The number of aromatic nitrogens is 2. The first kappa shape index (κ1) is 19.8. The van der Waals surface area contributed by atoms with Gasteiger partial charge >= 0.3 is 0 Å². The molecule has 154 valence electrons. The molecule has 0 atom stereocenters. The summed E-state index contributed by atoms with van der Waals surface area (Å²) in [5.41, 5.74) is 3.03. The lowest BCUT2D eigenvalue weighted by Gasteiger charge is -2.34. The van der Waals surface area contributed by atoms with E-state index in [-0.39, 0.29) is 5.91 Å². The smallest absolute Gasteiger partial charge is 0.227 e.